The second kappa shape index (κ2) is 4.76. The van der Waals surface area contributed by atoms with Crippen LogP contribution in [0, 0.1) is 5.82 Å². The first-order chi connectivity index (χ1) is 9.57. The topological polar surface area (TPSA) is 51.6 Å². The van der Waals surface area contributed by atoms with E-state index >= 15 is 0 Å². The molecule has 2 heterocycles. The molecule has 5 heteroatoms. The maximum absolute atomic E-state index is 13.3. The molecule has 1 aliphatic rings. The van der Waals surface area contributed by atoms with Crippen LogP contribution in [0.25, 0.3) is 0 Å². The first kappa shape index (κ1) is 12.9. The van der Waals surface area contributed by atoms with Crippen molar-refractivity contribution in [1.29, 1.82) is 0 Å². The summed E-state index contributed by atoms with van der Waals surface area (Å²) in [5, 5.41) is 10.7. The van der Waals surface area contributed by atoms with Crippen LogP contribution in [-0.4, -0.2) is 23.3 Å². The largest absolute Gasteiger partial charge is 0.486 e. The Morgan fingerprint density at radius 2 is 1.85 bits per heavy atom. The molecule has 0 bridgehead atoms. The number of pyridine rings is 1. The molecule has 2 aromatic rings. The van der Waals surface area contributed by atoms with E-state index in [9.17, 15) is 9.50 Å². The van der Waals surface area contributed by atoms with E-state index in [0.717, 1.165) is 6.20 Å². The van der Waals surface area contributed by atoms with Gasteiger partial charge < -0.3 is 14.6 Å². The van der Waals surface area contributed by atoms with Gasteiger partial charge in [0.1, 0.15) is 24.6 Å². The lowest BCUT2D eigenvalue weighted by Crippen LogP contribution is -2.24. The molecule has 0 saturated heterocycles. The van der Waals surface area contributed by atoms with Crippen LogP contribution in [0.15, 0.2) is 36.7 Å². The number of benzene rings is 1. The third-order valence-electron chi connectivity index (χ3n) is 3.37. The molecule has 1 aromatic carbocycles. The highest BCUT2D eigenvalue weighted by Crippen LogP contribution is 2.36. The molecule has 1 aliphatic heterocycles. The molecule has 1 aromatic heterocycles. The highest BCUT2D eigenvalue weighted by atomic mass is 19.1. The molecule has 0 radical (unpaired) electrons. The molecule has 3 rings (SSSR count). The van der Waals surface area contributed by atoms with Gasteiger partial charge in [0.05, 0.1) is 6.20 Å². The molecule has 4 nitrogen and oxygen atoms in total. The molecule has 1 unspecified atom stereocenters. The molecule has 1 atom stereocenters. The summed E-state index contributed by atoms with van der Waals surface area (Å²) in [7, 11) is 0. The van der Waals surface area contributed by atoms with Gasteiger partial charge in [-0.05, 0) is 30.7 Å². The predicted molar refractivity (Wildman–Crippen MR) is 70.3 cm³/mol. The Balaban J connectivity index is 2.02. The van der Waals surface area contributed by atoms with E-state index in [1.807, 2.05) is 0 Å². The number of aliphatic hydroxyl groups is 1. The van der Waals surface area contributed by atoms with Gasteiger partial charge in [0.25, 0.3) is 0 Å². The van der Waals surface area contributed by atoms with Crippen LogP contribution in [0.2, 0.25) is 0 Å². The van der Waals surface area contributed by atoms with E-state index in [4.69, 9.17) is 9.47 Å². The minimum Gasteiger partial charge on any atom is -0.486 e. The number of nitrogens with zero attached hydrogens (tertiary/aromatic N) is 1. The van der Waals surface area contributed by atoms with Crippen molar-refractivity contribution in [3.63, 3.8) is 0 Å². The van der Waals surface area contributed by atoms with Crippen molar-refractivity contribution in [2.45, 2.75) is 12.5 Å². The molecule has 0 spiro atoms. The highest BCUT2D eigenvalue weighted by molar-refractivity contribution is 5.47. The van der Waals surface area contributed by atoms with Crippen LogP contribution in [0.4, 0.5) is 4.39 Å². The first-order valence-electron chi connectivity index (χ1n) is 6.31. The zero-order valence-corrected chi connectivity index (χ0v) is 11.0. The van der Waals surface area contributed by atoms with Crippen LogP contribution in [-0.2, 0) is 5.60 Å². The standard InChI is InChI=1S/C15H14FNO3/c1-15(18,11-6-12(16)9-17-8-11)10-2-3-13-14(7-10)20-5-4-19-13/h2-3,6-9,18H,4-5H2,1H3. The average Bonchev–Trinajstić information content (AvgIpc) is 2.46. The van der Waals surface area contributed by atoms with Crippen LogP contribution in [0.3, 0.4) is 0 Å². The Morgan fingerprint density at radius 1 is 1.10 bits per heavy atom. The van der Waals surface area contributed by atoms with E-state index in [2.05, 4.69) is 4.98 Å². The number of halogens is 1. The van der Waals surface area contributed by atoms with Gasteiger partial charge in [-0.2, -0.15) is 0 Å². The summed E-state index contributed by atoms with van der Waals surface area (Å²) in [4.78, 5) is 3.77. The number of fused-ring (bicyclic) bond motifs is 1. The van der Waals surface area contributed by atoms with Crippen molar-refractivity contribution >= 4 is 0 Å². The Hall–Kier alpha value is -2.14. The predicted octanol–water partition coefficient (Wildman–Crippen LogP) is 2.25. The molecule has 104 valence electrons. The van der Waals surface area contributed by atoms with E-state index in [-0.39, 0.29) is 0 Å². The van der Waals surface area contributed by atoms with Crippen molar-refractivity contribution in [2.24, 2.45) is 0 Å². The third kappa shape index (κ3) is 2.20. The average molecular weight is 275 g/mol. The Labute approximate surface area is 115 Å². The Bertz CT molecular complexity index is 643. The number of hydrogen-bond donors (Lipinski definition) is 1. The minimum absolute atomic E-state index is 0.383. The number of hydrogen-bond acceptors (Lipinski definition) is 4. The third-order valence-corrected chi connectivity index (χ3v) is 3.37. The van der Waals surface area contributed by atoms with E-state index in [0.29, 0.717) is 35.8 Å². The fourth-order valence-corrected chi connectivity index (χ4v) is 2.19. The summed E-state index contributed by atoms with van der Waals surface area (Å²) in [5.41, 5.74) is -0.381. The van der Waals surface area contributed by atoms with Gasteiger partial charge in [0.2, 0.25) is 0 Å². The lowest BCUT2D eigenvalue weighted by atomic mass is 9.89. The van der Waals surface area contributed by atoms with Gasteiger partial charge in [-0.15, -0.1) is 0 Å². The first-order valence-corrected chi connectivity index (χ1v) is 6.31. The van der Waals surface area contributed by atoms with Crippen LogP contribution >= 0.6 is 0 Å². The van der Waals surface area contributed by atoms with Crippen LogP contribution in [0.1, 0.15) is 18.1 Å². The summed E-state index contributed by atoms with van der Waals surface area (Å²) in [5.74, 6) is 0.742. The highest BCUT2D eigenvalue weighted by Gasteiger charge is 2.28. The normalized spacial score (nSPS) is 16.6. The quantitative estimate of drug-likeness (QED) is 0.913. The van der Waals surface area contributed by atoms with Gasteiger partial charge >= 0.3 is 0 Å². The fourth-order valence-electron chi connectivity index (χ4n) is 2.19. The monoisotopic (exact) mass is 275 g/mol. The van der Waals surface area contributed by atoms with Crippen molar-refractivity contribution < 1.29 is 19.0 Å². The molecular formula is C15H14FNO3. The van der Waals surface area contributed by atoms with Gasteiger partial charge in [0, 0.05) is 11.8 Å². The van der Waals surface area contributed by atoms with E-state index in [1.165, 1.54) is 12.3 Å². The van der Waals surface area contributed by atoms with Crippen molar-refractivity contribution in [1.82, 2.24) is 4.98 Å². The molecular weight excluding hydrogens is 261 g/mol. The lowest BCUT2D eigenvalue weighted by molar-refractivity contribution is 0.100. The van der Waals surface area contributed by atoms with Gasteiger partial charge in [-0.3, -0.25) is 4.98 Å². The zero-order chi connectivity index (χ0) is 14.2. The maximum atomic E-state index is 13.3. The van der Waals surface area contributed by atoms with Gasteiger partial charge in [0.15, 0.2) is 11.5 Å². The summed E-state index contributed by atoms with van der Waals surface area (Å²) < 4.78 is 24.2. The van der Waals surface area contributed by atoms with Crippen LogP contribution in [0.5, 0.6) is 11.5 Å². The smallest absolute Gasteiger partial charge is 0.161 e. The molecule has 20 heavy (non-hydrogen) atoms. The van der Waals surface area contributed by atoms with Crippen molar-refractivity contribution in [3.8, 4) is 11.5 Å². The van der Waals surface area contributed by atoms with Gasteiger partial charge in [-0.1, -0.05) is 6.07 Å². The molecule has 0 amide bonds. The zero-order valence-electron chi connectivity index (χ0n) is 11.0. The summed E-state index contributed by atoms with van der Waals surface area (Å²) in [6, 6.07) is 6.45. The summed E-state index contributed by atoms with van der Waals surface area (Å²) in [6.07, 6.45) is 2.54. The second-order valence-electron chi connectivity index (χ2n) is 4.82. The Kier molecular flexibility index (Phi) is 3.06. The van der Waals surface area contributed by atoms with Crippen molar-refractivity contribution in [2.75, 3.05) is 13.2 Å². The molecule has 0 fully saturated rings. The summed E-state index contributed by atoms with van der Waals surface area (Å²) >= 11 is 0. The summed E-state index contributed by atoms with van der Waals surface area (Å²) in [6.45, 7) is 2.57. The Morgan fingerprint density at radius 3 is 2.60 bits per heavy atom. The number of aromatic nitrogens is 1. The number of ether oxygens (including phenoxy) is 2. The second-order valence-corrected chi connectivity index (χ2v) is 4.82. The van der Waals surface area contributed by atoms with Crippen molar-refractivity contribution in [3.05, 3.63) is 53.6 Å². The van der Waals surface area contributed by atoms with E-state index in [1.54, 1.807) is 25.1 Å². The van der Waals surface area contributed by atoms with E-state index < -0.39 is 11.4 Å². The molecule has 1 N–H and O–H groups in total. The lowest BCUT2D eigenvalue weighted by Gasteiger charge is -2.26. The SMILES string of the molecule is CC(O)(c1cncc(F)c1)c1ccc2c(c1)OCCO2. The van der Waals surface area contributed by atoms with Crippen LogP contribution < -0.4 is 9.47 Å². The fraction of sp³-hybridized carbons (Fsp3) is 0.267. The minimum atomic E-state index is -1.36. The molecule has 0 saturated carbocycles. The number of rotatable bonds is 2. The molecule has 0 aliphatic carbocycles. The van der Waals surface area contributed by atoms with Gasteiger partial charge in [-0.25, -0.2) is 4.39 Å². The maximum Gasteiger partial charge on any atom is 0.161 e.